The summed E-state index contributed by atoms with van der Waals surface area (Å²) < 4.78 is 16.9. The highest BCUT2D eigenvalue weighted by atomic mass is 16.5. The van der Waals surface area contributed by atoms with Crippen LogP contribution in [0.3, 0.4) is 0 Å². The Morgan fingerprint density at radius 1 is 1.06 bits per heavy atom. The Labute approximate surface area is 212 Å². The van der Waals surface area contributed by atoms with Crippen molar-refractivity contribution in [2.75, 3.05) is 56.7 Å². The summed E-state index contributed by atoms with van der Waals surface area (Å²) in [4.78, 5) is 14.1. The quantitative estimate of drug-likeness (QED) is 0.568. The van der Waals surface area contributed by atoms with Gasteiger partial charge in [0.25, 0.3) is 0 Å². The van der Waals surface area contributed by atoms with E-state index in [9.17, 15) is 0 Å². The number of fused-ring (bicyclic) bond motifs is 2. The molecule has 192 valence electrons. The average Bonchev–Trinajstić information content (AvgIpc) is 3.21. The van der Waals surface area contributed by atoms with Gasteiger partial charge in [-0.2, -0.15) is 9.97 Å². The average molecular weight is 493 g/mol. The molecule has 4 saturated heterocycles. The van der Waals surface area contributed by atoms with Gasteiger partial charge in [0.15, 0.2) is 0 Å². The minimum atomic E-state index is 0.272. The predicted molar refractivity (Wildman–Crippen MR) is 139 cm³/mol. The van der Waals surface area contributed by atoms with Crippen LogP contribution in [0.4, 0.5) is 17.3 Å². The molecule has 2 unspecified atom stereocenters. The summed E-state index contributed by atoms with van der Waals surface area (Å²) in [5, 5.41) is 11.5. The lowest BCUT2D eigenvalue weighted by Crippen LogP contribution is -2.51. The van der Waals surface area contributed by atoms with E-state index < -0.39 is 0 Å². The molecule has 1 aromatic carbocycles. The van der Waals surface area contributed by atoms with Crippen molar-refractivity contribution in [2.24, 2.45) is 0 Å². The van der Waals surface area contributed by atoms with Crippen molar-refractivity contribution in [1.29, 1.82) is 5.41 Å². The summed E-state index contributed by atoms with van der Waals surface area (Å²) in [6.07, 6.45) is 6.46. The van der Waals surface area contributed by atoms with E-state index in [2.05, 4.69) is 44.1 Å². The largest absolute Gasteiger partial charge is 0.467 e. The Bertz CT molecular complexity index is 1100. The summed E-state index contributed by atoms with van der Waals surface area (Å²) in [6, 6.07) is 7.28. The van der Waals surface area contributed by atoms with E-state index in [-0.39, 0.29) is 12.2 Å². The zero-order valence-corrected chi connectivity index (χ0v) is 21.2. The molecule has 2 bridgehead atoms. The summed E-state index contributed by atoms with van der Waals surface area (Å²) in [5.41, 5.74) is 4.35. The molecule has 9 nitrogen and oxygen atoms in total. The monoisotopic (exact) mass is 492 g/mol. The lowest BCUT2D eigenvalue weighted by molar-refractivity contribution is -0.0712. The molecule has 0 spiro atoms. The Hall–Kier alpha value is -2.75. The molecule has 9 heteroatoms. The number of hydrogen-bond donors (Lipinski definition) is 2. The first-order chi connectivity index (χ1) is 17.6. The number of methoxy groups -OCH3 is 1. The van der Waals surface area contributed by atoms with Crippen LogP contribution in [0, 0.1) is 12.3 Å². The van der Waals surface area contributed by atoms with E-state index in [1.165, 1.54) is 17.3 Å². The van der Waals surface area contributed by atoms with Crippen molar-refractivity contribution >= 4 is 23.5 Å². The molecule has 1 aromatic heterocycles. The zero-order chi connectivity index (χ0) is 24.6. The standard InChI is InChI=1S/C27H36N6O3/c1-17-9-19(12-28)24(10-23(17)18-5-7-32(8-6-18)20-15-35-16-20)29-25-11-26(31-27(30-25)34-2)33-13-21-3-4-22(14-33)36-21/h9-12,18,20-22,28H,3-8,13-16H2,1-2H3,(H,29,30,31). The molecule has 4 fully saturated rings. The van der Waals surface area contributed by atoms with E-state index in [1.807, 2.05) is 6.07 Å². The van der Waals surface area contributed by atoms with Crippen LogP contribution < -0.4 is 15.0 Å². The van der Waals surface area contributed by atoms with Crippen molar-refractivity contribution in [2.45, 2.75) is 56.8 Å². The Balaban J connectivity index is 1.24. The van der Waals surface area contributed by atoms with Gasteiger partial charge in [-0.1, -0.05) is 0 Å². The fourth-order valence-electron chi connectivity index (χ4n) is 6.09. The van der Waals surface area contributed by atoms with Crippen molar-refractivity contribution in [3.63, 3.8) is 0 Å². The van der Waals surface area contributed by atoms with Crippen LogP contribution in [0.25, 0.3) is 0 Å². The highest BCUT2D eigenvalue weighted by Crippen LogP contribution is 2.36. The number of piperidine rings is 1. The van der Waals surface area contributed by atoms with Crippen molar-refractivity contribution < 1.29 is 14.2 Å². The van der Waals surface area contributed by atoms with Gasteiger partial charge in [0, 0.05) is 36.6 Å². The topological polar surface area (TPSA) is 95.8 Å². The van der Waals surface area contributed by atoms with Gasteiger partial charge >= 0.3 is 6.01 Å². The number of benzene rings is 1. The first-order valence-corrected chi connectivity index (χ1v) is 13.2. The number of likely N-dealkylation sites (tertiary alicyclic amines) is 1. The molecule has 2 atom stereocenters. The van der Waals surface area contributed by atoms with Crippen LogP contribution in [0.2, 0.25) is 0 Å². The van der Waals surface area contributed by atoms with Gasteiger partial charge in [-0.25, -0.2) is 0 Å². The summed E-state index contributed by atoms with van der Waals surface area (Å²) in [6.45, 7) is 7.81. The van der Waals surface area contributed by atoms with Crippen LogP contribution >= 0.6 is 0 Å². The third kappa shape index (κ3) is 4.67. The molecule has 0 aliphatic carbocycles. The van der Waals surface area contributed by atoms with Crippen LogP contribution in [0.15, 0.2) is 18.2 Å². The van der Waals surface area contributed by atoms with E-state index in [0.29, 0.717) is 23.8 Å². The molecule has 5 heterocycles. The van der Waals surface area contributed by atoms with Crippen molar-refractivity contribution in [3.8, 4) is 6.01 Å². The Kier molecular flexibility index (Phi) is 6.54. The molecular weight excluding hydrogens is 456 g/mol. The van der Waals surface area contributed by atoms with Crippen molar-refractivity contribution in [3.05, 3.63) is 34.9 Å². The van der Waals surface area contributed by atoms with Gasteiger partial charge in [0.05, 0.1) is 38.6 Å². The number of aryl methyl sites for hydroxylation is 1. The molecule has 4 aliphatic rings. The van der Waals surface area contributed by atoms with E-state index in [4.69, 9.17) is 19.6 Å². The number of nitrogens with one attached hydrogen (secondary N) is 2. The normalized spacial score (nSPS) is 25.0. The first kappa shape index (κ1) is 23.6. The summed E-state index contributed by atoms with van der Waals surface area (Å²) >= 11 is 0. The van der Waals surface area contributed by atoms with Crippen LogP contribution in [0.1, 0.15) is 48.3 Å². The van der Waals surface area contributed by atoms with E-state index in [0.717, 1.165) is 82.1 Å². The molecule has 4 aliphatic heterocycles. The van der Waals surface area contributed by atoms with Gasteiger partial charge < -0.3 is 29.8 Å². The Morgan fingerprint density at radius 3 is 2.44 bits per heavy atom. The highest BCUT2D eigenvalue weighted by Gasteiger charge is 2.35. The maximum absolute atomic E-state index is 8.03. The summed E-state index contributed by atoms with van der Waals surface area (Å²) in [7, 11) is 1.60. The predicted octanol–water partition coefficient (Wildman–Crippen LogP) is 3.48. The van der Waals surface area contributed by atoms with Crippen LogP contribution in [-0.2, 0) is 9.47 Å². The van der Waals surface area contributed by atoms with E-state index >= 15 is 0 Å². The molecule has 2 N–H and O–H groups in total. The van der Waals surface area contributed by atoms with Crippen molar-refractivity contribution in [1.82, 2.24) is 14.9 Å². The second kappa shape index (κ2) is 9.95. The smallest absolute Gasteiger partial charge is 0.320 e. The second-order valence-electron chi connectivity index (χ2n) is 10.5. The lowest BCUT2D eigenvalue weighted by Gasteiger charge is -2.41. The highest BCUT2D eigenvalue weighted by molar-refractivity contribution is 5.88. The maximum Gasteiger partial charge on any atom is 0.320 e. The fourth-order valence-corrected chi connectivity index (χ4v) is 6.09. The third-order valence-electron chi connectivity index (χ3n) is 8.20. The number of ether oxygens (including phenoxy) is 3. The van der Waals surface area contributed by atoms with Crippen LogP contribution in [-0.4, -0.2) is 85.8 Å². The number of aromatic nitrogens is 2. The van der Waals surface area contributed by atoms with Gasteiger partial charge in [-0.15, -0.1) is 0 Å². The van der Waals surface area contributed by atoms with Gasteiger partial charge in [-0.3, -0.25) is 4.90 Å². The van der Waals surface area contributed by atoms with Crippen LogP contribution in [0.5, 0.6) is 6.01 Å². The lowest BCUT2D eigenvalue weighted by atomic mass is 9.85. The zero-order valence-electron chi connectivity index (χ0n) is 21.2. The molecule has 0 radical (unpaired) electrons. The number of morpholine rings is 1. The van der Waals surface area contributed by atoms with E-state index in [1.54, 1.807) is 7.11 Å². The number of hydrogen-bond acceptors (Lipinski definition) is 9. The first-order valence-electron chi connectivity index (χ1n) is 13.2. The minimum Gasteiger partial charge on any atom is -0.467 e. The molecule has 2 aromatic rings. The van der Waals surface area contributed by atoms with Gasteiger partial charge in [-0.05, 0) is 74.9 Å². The molecular formula is C27H36N6O3. The number of nitrogens with zero attached hydrogens (tertiary/aromatic N) is 4. The molecule has 36 heavy (non-hydrogen) atoms. The van der Waals surface area contributed by atoms with Gasteiger partial charge in [0.2, 0.25) is 0 Å². The maximum atomic E-state index is 8.03. The number of anilines is 3. The molecule has 6 rings (SSSR count). The molecule has 0 saturated carbocycles. The van der Waals surface area contributed by atoms with Gasteiger partial charge in [0.1, 0.15) is 11.6 Å². The summed E-state index contributed by atoms with van der Waals surface area (Å²) in [5.74, 6) is 2.04. The number of rotatable bonds is 7. The minimum absolute atomic E-state index is 0.272. The third-order valence-corrected chi connectivity index (χ3v) is 8.20. The second-order valence-corrected chi connectivity index (χ2v) is 10.5. The Morgan fingerprint density at radius 2 is 1.81 bits per heavy atom. The SMILES string of the molecule is COc1nc(Nc2cc(C3CCN(C4COC4)CC3)c(C)cc2C=N)cc(N2CC3CCC(C2)O3)n1. The fraction of sp³-hybridized carbons (Fsp3) is 0.593. The molecule has 0 amide bonds.